The average molecular weight is 276 g/mol. The van der Waals surface area contributed by atoms with Gasteiger partial charge in [0, 0.05) is 33.2 Å². The van der Waals surface area contributed by atoms with Crippen LogP contribution in [0.5, 0.6) is 0 Å². The summed E-state index contributed by atoms with van der Waals surface area (Å²) in [6, 6.07) is 6.17. The second-order valence-corrected chi connectivity index (χ2v) is 5.37. The lowest BCUT2D eigenvalue weighted by molar-refractivity contribution is 0.254. The largest absolute Gasteiger partial charge is 0.367 e. The van der Waals surface area contributed by atoms with Gasteiger partial charge >= 0.3 is 6.03 Å². The third-order valence-electron chi connectivity index (χ3n) is 3.62. The van der Waals surface area contributed by atoms with Crippen LogP contribution in [0.2, 0.25) is 0 Å². The molecule has 1 aromatic carbocycles. The Morgan fingerprint density at radius 2 is 2.00 bits per heavy atom. The number of piperazine rings is 1. The van der Waals surface area contributed by atoms with Gasteiger partial charge < -0.3 is 20.9 Å². The van der Waals surface area contributed by atoms with Crippen LogP contribution in [0.4, 0.5) is 16.2 Å². The Bertz CT molecular complexity index is 467. The van der Waals surface area contributed by atoms with Gasteiger partial charge in [0.2, 0.25) is 0 Å². The Balaban J connectivity index is 2.30. The first-order chi connectivity index (χ1) is 9.61. The number of carbonyl (C=O) groups is 1. The quantitative estimate of drug-likeness (QED) is 0.791. The Labute approximate surface area is 120 Å². The fourth-order valence-electron chi connectivity index (χ4n) is 2.38. The molecule has 0 saturated carbocycles. The highest BCUT2D eigenvalue weighted by atomic mass is 16.2. The van der Waals surface area contributed by atoms with Crippen molar-refractivity contribution in [1.29, 1.82) is 0 Å². The van der Waals surface area contributed by atoms with Crippen molar-refractivity contribution >= 4 is 17.4 Å². The second kappa shape index (κ2) is 6.61. The first kappa shape index (κ1) is 14.7. The number of carbonyl (C=O) groups excluding carboxylic acids is 1. The molecule has 110 valence electrons. The second-order valence-electron chi connectivity index (χ2n) is 5.37. The molecule has 0 spiro atoms. The van der Waals surface area contributed by atoms with Gasteiger partial charge in [-0.15, -0.1) is 0 Å². The lowest BCUT2D eigenvalue weighted by Crippen LogP contribution is -2.44. The van der Waals surface area contributed by atoms with E-state index in [2.05, 4.69) is 52.9 Å². The Morgan fingerprint density at radius 3 is 2.60 bits per heavy atom. The van der Waals surface area contributed by atoms with Crippen LogP contribution in [0.15, 0.2) is 18.2 Å². The highest BCUT2D eigenvalue weighted by Gasteiger charge is 2.16. The lowest BCUT2D eigenvalue weighted by Gasteiger charge is -2.31. The van der Waals surface area contributed by atoms with E-state index in [0.29, 0.717) is 5.92 Å². The van der Waals surface area contributed by atoms with Crippen LogP contribution in [0.3, 0.4) is 0 Å². The van der Waals surface area contributed by atoms with E-state index in [1.807, 2.05) is 0 Å². The van der Waals surface area contributed by atoms with E-state index < -0.39 is 0 Å². The molecule has 0 radical (unpaired) electrons. The SMILES string of the molecule is CNC(=O)Nc1cc(C(C)C)ccc1N1CCNCC1. The number of hydrogen-bond acceptors (Lipinski definition) is 3. The summed E-state index contributed by atoms with van der Waals surface area (Å²) in [5.41, 5.74) is 3.22. The van der Waals surface area contributed by atoms with Crippen molar-refractivity contribution in [2.24, 2.45) is 0 Å². The number of urea groups is 1. The molecule has 0 bridgehead atoms. The summed E-state index contributed by atoms with van der Waals surface area (Å²) >= 11 is 0. The maximum absolute atomic E-state index is 11.6. The van der Waals surface area contributed by atoms with Crippen molar-refractivity contribution in [2.75, 3.05) is 43.4 Å². The molecule has 0 aliphatic carbocycles. The number of nitrogens with one attached hydrogen (secondary N) is 3. The zero-order valence-electron chi connectivity index (χ0n) is 12.5. The molecule has 2 rings (SSSR count). The number of nitrogens with zero attached hydrogens (tertiary/aromatic N) is 1. The van der Waals surface area contributed by atoms with E-state index in [0.717, 1.165) is 37.6 Å². The highest BCUT2D eigenvalue weighted by Crippen LogP contribution is 2.30. The van der Waals surface area contributed by atoms with Crippen LogP contribution >= 0.6 is 0 Å². The van der Waals surface area contributed by atoms with Crippen LogP contribution in [-0.4, -0.2) is 39.3 Å². The van der Waals surface area contributed by atoms with Gasteiger partial charge in [-0.25, -0.2) is 4.79 Å². The molecule has 1 aromatic rings. The van der Waals surface area contributed by atoms with Crippen LogP contribution in [0.25, 0.3) is 0 Å². The smallest absolute Gasteiger partial charge is 0.319 e. The third kappa shape index (κ3) is 3.42. The predicted molar refractivity (Wildman–Crippen MR) is 83.7 cm³/mol. The van der Waals surface area contributed by atoms with E-state index in [9.17, 15) is 4.79 Å². The van der Waals surface area contributed by atoms with Gasteiger partial charge in [-0.05, 0) is 23.6 Å². The number of hydrogen-bond donors (Lipinski definition) is 3. The molecule has 0 atom stereocenters. The summed E-state index contributed by atoms with van der Waals surface area (Å²) in [6.45, 7) is 8.19. The number of anilines is 2. The van der Waals surface area contributed by atoms with E-state index in [1.54, 1.807) is 7.05 Å². The molecule has 1 aliphatic rings. The van der Waals surface area contributed by atoms with Crippen LogP contribution in [-0.2, 0) is 0 Å². The van der Waals surface area contributed by atoms with E-state index in [4.69, 9.17) is 0 Å². The van der Waals surface area contributed by atoms with Crippen molar-refractivity contribution < 1.29 is 4.79 Å². The molecule has 3 N–H and O–H groups in total. The molecule has 5 heteroatoms. The normalized spacial score (nSPS) is 15.3. The minimum atomic E-state index is -0.178. The molecule has 2 amide bonds. The summed E-state index contributed by atoms with van der Waals surface area (Å²) in [5.74, 6) is 0.442. The number of benzene rings is 1. The Morgan fingerprint density at radius 1 is 1.30 bits per heavy atom. The first-order valence-corrected chi connectivity index (χ1v) is 7.20. The van der Waals surface area contributed by atoms with Crippen LogP contribution in [0, 0.1) is 0 Å². The molecular weight excluding hydrogens is 252 g/mol. The zero-order valence-corrected chi connectivity index (χ0v) is 12.5. The first-order valence-electron chi connectivity index (χ1n) is 7.20. The molecule has 1 fully saturated rings. The summed E-state index contributed by atoms with van der Waals surface area (Å²) in [4.78, 5) is 14.0. The predicted octanol–water partition coefficient (Wildman–Crippen LogP) is 1.97. The van der Waals surface area contributed by atoms with E-state index >= 15 is 0 Å². The van der Waals surface area contributed by atoms with Crippen LogP contribution < -0.4 is 20.9 Å². The maximum atomic E-state index is 11.6. The van der Waals surface area contributed by atoms with Gasteiger partial charge in [0.15, 0.2) is 0 Å². The molecule has 20 heavy (non-hydrogen) atoms. The number of amides is 2. The van der Waals surface area contributed by atoms with Crippen LogP contribution in [0.1, 0.15) is 25.3 Å². The molecular formula is C15H24N4O. The van der Waals surface area contributed by atoms with Gasteiger partial charge in [0.1, 0.15) is 0 Å². The van der Waals surface area contributed by atoms with Crippen molar-refractivity contribution in [1.82, 2.24) is 10.6 Å². The monoisotopic (exact) mass is 276 g/mol. The summed E-state index contributed by atoms with van der Waals surface area (Å²) in [7, 11) is 1.63. The average Bonchev–Trinajstić information content (AvgIpc) is 2.47. The maximum Gasteiger partial charge on any atom is 0.319 e. The Kier molecular flexibility index (Phi) is 4.84. The summed E-state index contributed by atoms with van der Waals surface area (Å²) in [5, 5.41) is 8.90. The van der Waals surface area contributed by atoms with Crippen molar-refractivity contribution in [2.45, 2.75) is 19.8 Å². The molecule has 5 nitrogen and oxygen atoms in total. The molecule has 0 aromatic heterocycles. The minimum Gasteiger partial charge on any atom is -0.367 e. The van der Waals surface area contributed by atoms with Gasteiger partial charge in [-0.3, -0.25) is 0 Å². The highest BCUT2D eigenvalue weighted by molar-refractivity contribution is 5.93. The standard InChI is InChI=1S/C15H24N4O/c1-11(2)12-4-5-14(19-8-6-17-7-9-19)13(10-12)18-15(20)16-3/h4-5,10-11,17H,6-9H2,1-3H3,(H2,16,18,20). The molecule has 1 aliphatic heterocycles. The third-order valence-corrected chi connectivity index (χ3v) is 3.62. The van der Waals surface area contributed by atoms with Gasteiger partial charge in [-0.2, -0.15) is 0 Å². The van der Waals surface area contributed by atoms with E-state index in [1.165, 1.54) is 5.56 Å². The van der Waals surface area contributed by atoms with Crippen molar-refractivity contribution in [3.05, 3.63) is 23.8 Å². The van der Waals surface area contributed by atoms with Gasteiger partial charge in [0.05, 0.1) is 11.4 Å². The van der Waals surface area contributed by atoms with Crippen molar-refractivity contribution in [3.8, 4) is 0 Å². The summed E-state index contributed by atoms with van der Waals surface area (Å²) in [6.07, 6.45) is 0. The van der Waals surface area contributed by atoms with E-state index in [-0.39, 0.29) is 6.03 Å². The fraction of sp³-hybridized carbons (Fsp3) is 0.533. The lowest BCUT2D eigenvalue weighted by atomic mass is 10.0. The Hall–Kier alpha value is -1.75. The number of rotatable bonds is 3. The summed E-state index contributed by atoms with van der Waals surface area (Å²) < 4.78 is 0. The van der Waals surface area contributed by atoms with Gasteiger partial charge in [-0.1, -0.05) is 19.9 Å². The zero-order chi connectivity index (χ0) is 14.5. The fourth-order valence-corrected chi connectivity index (χ4v) is 2.38. The van der Waals surface area contributed by atoms with Gasteiger partial charge in [0.25, 0.3) is 0 Å². The topological polar surface area (TPSA) is 56.4 Å². The van der Waals surface area contributed by atoms with Crippen molar-refractivity contribution in [3.63, 3.8) is 0 Å². The minimum absolute atomic E-state index is 0.178. The molecule has 0 unspecified atom stereocenters. The molecule has 1 heterocycles. The molecule has 1 saturated heterocycles.